The number of aromatic nitrogens is 1. The van der Waals surface area contributed by atoms with Crippen molar-refractivity contribution in [2.45, 2.75) is 38.7 Å². The van der Waals surface area contributed by atoms with Crippen LogP contribution in [0.4, 0.5) is 13.2 Å². The number of para-hydroxylation sites is 1. The van der Waals surface area contributed by atoms with Crippen molar-refractivity contribution in [1.29, 1.82) is 0 Å². The van der Waals surface area contributed by atoms with Gasteiger partial charge in [0, 0.05) is 23.9 Å². The Hall–Kier alpha value is -4.81. The molecule has 3 rings (SSSR count). The summed E-state index contributed by atoms with van der Waals surface area (Å²) in [4.78, 5) is 48.2. The summed E-state index contributed by atoms with van der Waals surface area (Å²) in [5, 5.41) is 0. The number of benzene rings is 2. The molecule has 0 N–H and O–H groups in total. The number of alkyl halides is 3. The van der Waals surface area contributed by atoms with E-state index in [0.717, 1.165) is 13.8 Å². The van der Waals surface area contributed by atoms with Crippen LogP contribution in [-0.4, -0.2) is 54.3 Å². The fourth-order valence-corrected chi connectivity index (χ4v) is 3.15. The van der Waals surface area contributed by atoms with Gasteiger partial charge in [-0.1, -0.05) is 18.2 Å². The van der Waals surface area contributed by atoms with E-state index < -0.39 is 29.5 Å². The molecule has 0 radical (unpaired) electrons. The first kappa shape index (κ1) is 30.7. The van der Waals surface area contributed by atoms with E-state index in [4.69, 9.17) is 18.9 Å². The van der Waals surface area contributed by atoms with Crippen molar-refractivity contribution in [3.8, 4) is 23.1 Å². The number of halogens is 3. The Kier molecular flexibility index (Phi) is 9.76. The van der Waals surface area contributed by atoms with Crippen LogP contribution in [-0.2, 0) is 19.4 Å². The number of ketones is 1. The van der Waals surface area contributed by atoms with Gasteiger partial charge in [0.1, 0.15) is 30.0 Å². The number of rotatable bonds is 11. The van der Waals surface area contributed by atoms with Crippen LogP contribution in [0.3, 0.4) is 0 Å². The predicted molar refractivity (Wildman–Crippen MR) is 136 cm³/mol. The van der Waals surface area contributed by atoms with E-state index >= 15 is 0 Å². The molecule has 0 aliphatic rings. The third-order valence-electron chi connectivity index (χ3n) is 5.26. The average molecular weight is 578 g/mol. The number of nitrogens with zero attached hydrogens (tertiary/aromatic N) is 1. The second-order valence-corrected chi connectivity index (χ2v) is 8.98. The zero-order chi connectivity index (χ0) is 30.2. The normalized spacial score (nSPS) is 12.1. The predicted octanol–water partition coefficient (Wildman–Crippen LogP) is 4.89. The highest BCUT2D eigenvalue weighted by molar-refractivity contribution is 6.10. The summed E-state index contributed by atoms with van der Waals surface area (Å²) in [7, 11) is 1.35. The summed E-state index contributed by atoms with van der Waals surface area (Å²) in [6.45, 7) is 4.33. The van der Waals surface area contributed by atoms with Crippen molar-refractivity contribution in [2.24, 2.45) is 0 Å². The Labute approximate surface area is 232 Å². The number of methoxy groups -OCH3 is 1. The summed E-state index contributed by atoms with van der Waals surface area (Å²) in [6, 6.07) is 16.3. The molecule has 13 heteroatoms. The molecular formula is C28H26F3NO9. The third kappa shape index (κ3) is 8.59. The summed E-state index contributed by atoms with van der Waals surface area (Å²) in [6.07, 6.45) is -4.45. The van der Waals surface area contributed by atoms with E-state index in [9.17, 15) is 27.6 Å². The molecule has 0 bridgehead atoms. The zero-order valence-electron chi connectivity index (χ0n) is 22.4. The molecule has 1 aromatic heterocycles. The minimum Gasteiger partial charge on any atom is -0.497 e. The van der Waals surface area contributed by atoms with Gasteiger partial charge < -0.3 is 18.9 Å². The van der Waals surface area contributed by atoms with Crippen molar-refractivity contribution in [3.05, 3.63) is 78.0 Å². The van der Waals surface area contributed by atoms with Gasteiger partial charge >= 0.3 is 18.1 Å². The largest absolute Gasteiger partial charge is 0.497 e. The molecule has 41 heavy (non-hydrogen) atoms. The lowest BCUT2D eigenvalue weighted by Gasteiger charge is -2.24. The number of pyridine rings is 1. The Bertz CT molecular complexity index is 1360. The Morgan fingerprint density at radius 1 is 0.902 bits per heavy atom. The van der Waals surface area contributed by atoms with Crippen molar-refractivity contribution >= 4 is 17.7 Å². The molecule has 3 aromatic rings. The van der Waals surface area contributed by atoms with Crippen molar-refractivity contribution in [2.75, 3.05) is 13.7 Å². The Balaban J connectivity index is 1.71. The first-order chi connectivity index (χ1) is 19.3. The van der Waals surface area contributed by atoms with Crippen LogP contribution in [0.1, 0.15) is 36.7 Å². The van der Waals surface area contributed by atoms with E-state index in [1.54, 1.807) is 6.92 Å². The van der Waals surface area contributed by atoms with Crippen LogP contribution in [0.25, 0.3) is 0 Å². The fourth-order valence-electron chi connectivity index (χ4n) is 3.15. The molecule has 0 amide bonds. The number of carbonyl (C=O) groups is 3. The minimum atomic E-state index is -5.37. The molecule has 218 valence electrons. The summed E-state index contributed by atoms with van der Waals surface area (Å²) < 4.78 is 59.2. The average Bonchev–Trinajstić information content (AvgIpc) is 2.94. The lowest BCUT2D eigenvalue weighted by Crippen LogP contribution is -2.41. The number of ether oxygens (including phenoxy) is 4. The van der Waals surface area contributed by atoms with Gasteiger partial charge in [-0.2, -0.15) is 13.2 Å². The van der Waals surface area contributed by atoms with Gasteiger partial charge in [0.05, 0.1) is 12.7 Å². The fraction of sp³-hybridized carbons (Fsp3) is 0.286. The molecule has 2 aromatic carbocycles. The lowest BCUT2D eigenvalue weighted by atomic mass is 10.0. The topological polar surface area (TPSA) is 119 Å². The first-order valence-corrected chi connectivity index (χ1v) is 12.0. The standard InChI is InChI=1S/C28H26F3NO9/c1-17(16-37-19-8-6-5-7-9-19)38-23-13-10-18(15-32-23)24(33)21-12-11-20(36-4)14-22(21)39-27(2,3)25(34)40-41-26(35)28(29,30)31/h5-15,17H,16H2,1-4H3. The number of carbonyl (C=O) groups excluding carboxylic acids is 3. The molecule has 0 fully saturated rings. The van der Waals surface area contributed by atoms with Gasteiger partial charge in [0.15, 0.2) is 5.78 Å². The second kappa shape index (κ2) is 13.0. The van der Waals surface area contributed by atoms with Crippen LogP contribution < -0.4 is 18.9 Å². The number of hydrogen-bond donors (Lipinski definition) is 0. The Morgan fingerprint density at radius 2 is 1.59 bits per heavy atom. The van der Waals surface area contributed by atoms with Gasteiger partial charge in [-0.3, -0.25) is 4.79 Å². The molecule has 0 spiro atoms. The van der Waals surface area contributed by atoms with Crippen LogP contribution in [0.5, 0.6) is 23.1 Å². The Morgan fingerprint density at radius 3 is 2.20 bits per heavy atom. The van der Waals surface area contributed by atoms with E-state index in [1.165, 1.54) is 43.6 Å². The van der Waals surface area contributed by atoms with Gasteiger partial charge in [-0.25, -0.2) is 24.3 Å². The molecule has 0 saturated heterocycles. The molecule has 0 aliphatic heterocycles. The van der Waals surface area contributed by atoms with Gasteiger partial charge in [-0.05, 0) is 51.1 Å². The smallest absolute Gasteiger partial charge is 0.495 e. The second-order valence-electron chi connectivity index (χ2n) is 8.98. The van der Waals surface area contributed by atoms with E-state index in [2.05, 4.69) is 14.8 Å². The summed E-state index contributed by atoms with van der Waals surface area (Å²) in [5.74, 6) is -3.73. The van der Waals surface area contributed by atoms with Gasteiger partial charge in [0.2, 0.25) is 11.5 Å². The van der Waals surface area contributed by atoms with Crippen LogP contribution in [0.15, 0.2) is 66.9 Å². The zero-order valence-corrected chi connectivity index (χ0v) is 22.4. The maximum Gasteiger partial charge on any atom is 0.495 e. The lowest BCUT2D eigenvalue weighted by molar-refractivity contribution is -0.291. The highest BCUT2D eigenvalue weighted by Crippen LogP contribution is 2.31. The van der Waals surface area contributed by atoms with Gasteiger partial charge in [0.25, 0.3) is 0 Å². The quantitative estimate of drug-likeness (QED) is 0.177. The van der Waals surface area contributed by atoms with Crippen molar-refractivity contribution < 1.29 is 56.3 Å². The molecule has 1 atom stereocenters. The SMILES string of the molecule is COc1ccc(C(=O)c2ccc(OC(C)COc3ccccc3)nc2)c(OC(C)(C)C(=O)OOC(=O)C(F)(F)F)c1. The maximum atomic E-state index is 13.3. The van der Waals surface area contributed by atoms with Gasteiger partial charge in [-0.15, -0.1) is 0 Å². The summed E-state index contributed by atoms with van der Waals surface area (Å²) >= 11 is 0. The molecule has 0 saturated carbocycles. The van der Waals surface area contributed by atoms with Crippen molar-refractivity contribution in [1.82, 2.24) is 4.98 Å². The molecule has 1 unspecified atom stereocenters. The molecule has 10 nitrogen and oxygen atoms in total. The first-order valence-electron chi connectivity index (χ1n) is 12.0. The van der Waals surface area contributed by atoms with E-state index in [1.807, 2.05) is 30.3 Å². The third-order valence-corrected chi connectivity index (χ3v) is 5.26. The van der Waals surface area contributed by atoms with Crippen LogP contribution >= 0.6 is 0 Å². The summed E-state index contributed by atoms with van der Waals surface area (Å²) in [5.41, 5.74) is -1.89. The molecular weight excluding hydrogens is 551 g/mol. The monoisotopic (exact) mass is 577 g/mol. The van der Waals surface area contributed by atoms with Crippen molar-refractivity contribution in [3.63, 3.8) is 0 Å². The van der Waals surface area contributed by atoms with E-state index in [-0.39, 0.29) is 41.2 Å². The molecule has 0 aliphatic carbocycles. The number of hydrogen-bond acceptors (Lipinski definition) is 10. The highest BCUT2D eigenvalue weighted by atomic mass is 19.4. The van der Waals surface area contributed by atoms with E-state index in [0.29, 0.717) is 5.75 Å². The maximum absolute atomic E-state index is 13.3. The minimum absolute atomic E-state index is 0.0286. The van der Waals surface area contributed by atoms with Crippen LogP contribution in [0, 0.1) is 0 Å². The molecule has 1 heterocycles. The highest BCUT2D eigenvalue weighted by Gasteiger charge is 2.44. The van der Waals surface area contributed by atoms with Crippen LogP contribution in [0.2, 0.25) is 0 Å².